The molecule has 0 aromatic heterocycles. The second-order valence-corrected chi connectivity index (χ2v) is 9.24. The molecular formula is C22H28N2O6S. The first-order valence-electron chi connectivity index (χ1n) is 9.97. The van der Waals surface area contributed by atoms with E-state index in [1.165, 1.54) is 13.2 Å². The first-order valence-corrected chi connectivity index (χ1v) is 11.5. The lowest BCUT2D eigenvalue weighted by Crippen LogP contribution is -2.34. The monoisotopic (exact) mass is 448 g/mol. The fourth-order valence-corrected chi connectivity index (χ4v) is 4.69. The van der Waals surface area contributed by atoms with E-state index < -0.39 is 16.1 Å². The summed E-state index contributed by atoms with van der Waals surface area (Å²) in [6.07, 6.45) is 0.493. The third-order valence-corrected chi connectivity index (χ3v) is 6.69. The highest BCUT2D eigenvalue weighted by Crippen LogP contribution is 2.35. The van der Waals surface area contributed by atoms with E-state index in [9.17, 15) is 18.3 Å². The van der Waals surface area contributed by atoms with Gasteiger partial charge >= 0.3 is 0 Å². The molecule has 1 aliphatic rings. The van der Waals surface area contributed by atoms with E-state index in [-0.39, 0.29) is 23.1 Å². The van der Waals surface area contributed by atoms with Gasteiger partial charge in [-0.05, 0) is 54.7 Å². The Morgan fingerprint density at radius 3 is 2.52 bits per heavy atom. The van der Waals surface area contributed by atoms with Crippen molar-refractivity contribution < 1.29 is 27.8 Å². The number of methoxy groups -OCH3 is 2. The summed E-state index contributed by atoms with van der Waals surface area (Å²) in [7, 11) is -0.775. The molecule has 0 amide bonds. The number of fused-ring (bicyclic) bond motifs is 1. The van der Waals surface area contributed by atoms with Gasteiger partial charge in [-0.25, -0.2) is 13.6 Å². The summed E-state index contributed by atoms with van der Waals surface area (Å²) in [5.41, 5.74) is 2.53. The van der Waals surface area contributed by atoms with Crippen LogP contribution < -0.4 is 19.9 Å². The molecule has 8 nitrogen and oxygen atoms in total. The van der Waals surface area contributed by atoms with E-state index in [1.54, 1.807) is 32.2 Å². The molecule has 0 radical (unpaired) electrons. The summed E-state index contributed by atoms with van der Waals surface area (Å²) in [5, 5.41) is 18.8. The van der Waals surface area contributed by atoms with E-state index in [4.69, 9.17) is 14.6 Å². The number of rotatable bonds is 8. The number of Topliss-reactive ketones (excluding diaryl/α,β-unsaturated/α-hetero) is 1. The minimum atomic E-state index is -3.87. The molecular weight excluding hydrogens is 420 g/mol. The van der Waals surface area contributed by atoms with Gasteiger partial charge in [-0.1, -0.05) is 12.1 Å². The molecule has 4 N–H and O–H groups in total. The molecule has 2 aromatic rings. The van der Waals surface area contributed by atoms with Crippen molar-refractivity contribution in [3.05, 3.63) is 52.6 Å². The number of benzene rings is 2. The molecule has 2 unspecified atom stereocenters. The van der Waals surface area contributed by atoms with Gasteiger partial charge in [-0.2, -0.15) is 0 Å². The molecule has 9 heteroatoms. The summed E-state index contributed by atoms with van der Waals surface area (Å²) >= 11 is 0. The molecule has 1 aliphatic carbocycles. The molecule has 0 aliphatic heterocycles. The van der Waals surface area contributed by atoms with Crippen LogP contribution >= 0.6 is 0 Å². The van der Waals surface area contributed by atoms with E-state index >= 15 is 0 Å². The Kier molecular flexibility index (Phi) is 7.00. The Morgan fingerprint density at radius 1 is 1.19 bits per heavy atom. The molecule has 168 valence electrons. The first-order chi connectivity index (χ1) is 14.7. The van der Waals surface area contributed by atoms with Gasteiger partial charge in [-0.3, -0.25) is 4.79 Å². The number of sulfonamides is 1. The second-order valence-electron chi connectivity index (χ2n) is 7.71. The fourth-order valence-electron chi connectivity index (χ4n) is 3.88. The van der Waals surface area contributed by atoms with Crippen LogP contribution in [-0.4, -0.2) is 46.6 Å². The zero-order chi connectivity index (χ0) is 22.8. The van der Waals surface area contributed by atoms with Crippen molar-refractivity contribution in [2.24, 2.45) is 11.1 Å². The van der Waals surface area contributed by atoms with Gasteiger partial charge in [0.2, 0.25) is 10.0 Å². The van der Waals surface area contributed by atoms with Crippen molar-refractivity contribution in [3.63, 3.8) is 0 Å². The smallest absolute Gasteiger partial charge is 0.238 e. The maximum atomic E-state index is 12.9. The van der Waals surface area contributed by atoms with Crippen LogP contribution in [0.2, 0.25) is 0 Å². The van der Waals surface area contributed by atoms with Crippen molar-refractivity contribution in [2.45, 2.75) is 30.8 Å². The van der Waals surface area contributed by atoms with Gasteiger partial charge in [0, 0.05) is 24.6 Å². The molecule has 31 heavy (non-hydrogen) atoms. The van der Waals surface area contributed by atoms with Crippen LogP contribution in [0.15, 0.2) is 35.2 Å². The van der Waals surface area contributed by atoms with Gasteiger partial charge in [0.05, 0.1) is 25.2 Å². The second kappa shape index (κ2) is 9.35. The predicted octanol–water partition coefficient (Wildman–Crippen LogP) is 1.73. The first kappa shape index (κ1) is 23.2. The van der Waals surface area contributed by atoms with Gasteiger partial charge in [0.15, 0.2) is 17.3 Å². The number of carbonyl (C=O) groups excluding carboxylic acids is 1. The Balaban J connectivity index is 1.65. The third-order valence-electron chi connectivity index (χ3n) is 5.64. The highest BCUT2D eigenvalue weighted by molar-refractivity contribution is 7.89. The number of hydrogen-bond donors (Lipinski definition) is 3. The molecule has 2 aromatic carbocycles. The van der Waals surface area contributed by atoms with Crippen molar-refractivity contribution in [3.8, 4) is 11.5 Å². The largest absolute Gasteiger partial charge is 0.493 e. The molecule has 3 rings (SSSR count). The number of aliphatic hydroxyl groups is 1. The van der Waals surface area contributed by atoms with Crippen LogP contribution in [-0.2, 0) is 16.4 Å². The molecule has 0 saturated carbocycles. The van der Waals surface area contributed by atoms with Gasteiger partial charge in [-0.15, -0.1) is 0 Å². The Hall–Kier alpha value is -2.46. The van der Waals surface area contributed by atoms with Crippen LogP contribution in [0.25, 0.3) is 0 Å². The van der Waals surface area contributed by atoms with Gasteiger partial charge in [0.25, 0.3) is 0 Å². The van der Waals surface area contributed by atoms with E-state index in [1.807, 2.05) is 6.07 Å². The van der Waals surface area contributed by atoms with Crippen LogP contribution in [0.5, 0.6) is 11.5 Å². The number of ether oxygens (including phenoxy) is 2. The number of nitrogens with two attached hydrogens (primary N) is 1. The zero-order valence-electron chi connectivity index (χ0n) is 17.8. The number of primary sulfonamides is 1. The predicted molar refractivity (Wildman–Crippen MR) is 116 cm³/mol. The minimum absolute atomic E-state index is 0.00695. The number of aryl methyl sites for hydroxylation is 2. The number of ketones is 1. The lowest BCUT2D eigenvalue weighted by Gasteiger charge is -2.25. The lowest BCUT2D eigenvalue weighted by atomic mass is 9.82. The van der Waals surface area contributed by atoms with Crippen LogP contribution in [0.4, 0.5) is 0 Å². The maximum Gasteiger partial charge on any atom is 0.238 e. The molecule has 0 spiro atoms. The maximum absolute atomic E-state index is 12.9. The summed E-state index contributed by atoms with van der Waals surface area (Å²) in [5.74, 6) is 0.918. The Bertz CT molecular complexity index is 1080. The number of carbonyl (C=O) groups is 1. The highest BCUT2D eigenvalue weighted by atomic mass is 32.2. The van der Waals surface area contributed by atoms with E-state index in [0.29, 0.717) is 41.2 Å². The zero-order valence-corrected chi connectivity index (χ0v) is 18.7. The molecule has 2 atom stereocenters. The fraction of sp³-hybridized carbons (Fsp3) is 0.409. The standard InChI is InChI=1S/C22H28N2O6S/c1-13-4-5-15(9-21(13)31(23,27)28)18(25)12-24-11-16-7-6-14-8-19(29-2)20(30-3)10-17(14)22(16)26/h4-5,8-10,16,18,24-25H,6-7,11-12H2,1-3H3,(H2,23,27,28). The third kappa shape index (κ3) is 5.07. The topological polar surface area (TPSA) is 128 Å². The summed E-state index contributed by atoms with van der Waals surface area (Å²) in [4.78, 5) is 12.9. The molecule has 0 saturated heterocycles. The van der Waals surface area contributed by atoms with Crippen LogP contribution in [0.1, 0.15) is 39.6 Å². The van der Waals surface area contributed by atoms with Crippen molar-refractivity contribution in [2.75, 3.05) is 27.3 Å². The highest BCUT2D eigenvalue weighted by Gasteiger charge is 2.29. The van der Waals surface area contributed by atoms with Crippen LogP contribution in [0.3, 0.4) is 0 Å². The summed E-state index contributed by atoms with van der Waals surface area (Å²) < 4.78 is 34.0. The lowest BCUT2D eigenvalue weighted by molar-refractivity contribution is 0.0894. The molecule has 0 heterocycles. The minimum Gasteiger partial charge on any atom is -0.493 e. The average Bonchev–Trinajstić information content (AvgIpc) is 2.73. The van der Waals surface area contributed by atoms with E-state index in [0.717, 1.165) is 12.0 Å². The van der Waals surface area contributed by atoms with Gasteiger partial charge in [0.1, 0.15) is 0 Å². The normalized spacial score (nSPS) is 17.2. The van der Waals surface area contributed by atoms with Crippen LogP contribution in [0, 0.1) is 12.8 Å². The number of aliphatic hydroxyl groups excluding tert-OH is 1. The summed E-state index contributed by atoms with van der Waals surface area (Å²) in [6, 6.07) is 8.23. The average molecular weight is 449 g/mol. The van der Waals surface area contributed by atoms with E-state index in [2.05, 4.69) is 5.32 Å². The Labute approximate surface area is 182 Å². The molecule has 0 bridgehead atoms. The van der Waals surface area contributed by atoms with Crippen molar-refractivity contribution in [1.29, 1.82) is 0 Å². The quantitative estimate of drug-likeness (QED) is 0.561. The van der Waals surface area contributed by atoms with Gasteiger partial charge < -0.3 is 19.9 Å². The SMILES string of the molecule is COc1cc2c(cc1OC)C(=O)C(CNCC(O)c1ccc(C)c(S(N)(=O)=O)c1)CC2. The Morgan fingerprint density at radius 2 is 1.87 bits per heavy atom. The number of nitrogens with one attached hydrogen (secondary N) is 1. The number of hydrogen-bond acceptors (Lipinski definition) is 7. The van der Waals surface area contributed by atoms with Crippen molar-refractivity contribution >= 4 is 15.8 Å². The summed E-state index contributed by atoms with van der Waals surface area (Å²) in [6.45, 7) is 2.22. The molecule has 0 fully saturated rings. The van der Waals surface area contributed by atoms with Crippen molar-refractivity contribution in [1.82, 2.24) is 5.32 Å².